The number of carbonyl (C=O) groups excluding carboxylic acids is 1. The van der Waals surface area contributed by atoms with E-state index in [9.17, 15) is 13.2 Å². The Kier molecular flexibility index (Phi) is 2.81. The van der Waals surface area contributed by atoms with Gasteiger partial charge in [-0.2, -0.15) is 8.42 Å². The van der Waals surface area contributed by atoms with Gasteiger partial charge in [-0.05, 0) is 5.53 Å². The Morgan fingerprint density at radius 3 is 2.50 bits per heavy atom. The van der Waals surface area contributed by atoms with E-state index in [2.05, 4.69) is 10.0 Å². The molecule has 0 aliphatic carbocycles. The number of azide groups is 1. The fraction of sp³-hybridized carbons (Fsp3) is 0.500. The Hall–Kier alpha value is -1.11. The van der Waals surface area contributed by atoms with Gasteiger partial charge in [0.15, 0.2) is 0 Å². The predicted octanol–water partition coefficient (Wildman–Crippen LogP) is -0.289. The van der Waals surface area contributed by atoms with Crippen molar-refractivity contribution in [1.82, 2.24) is 0 Å². The zero-order chi connectivity index (χ0) is 8.20. The molecule has 1 N–H and O–H groups in total. The van der Waals surface area contributed by atoms with E-state index in [0.717, 1.165) is 0 Å². The molecule has 0 radical (unpaired) electrons. The normalized spacial score (nSPS) is 10.1. The van der Waals surface area contributed by atoms with Crippen LogP contribution in [0.3, 0.4) is 0 Å². The summed E-state index contributed by atoms with van der Waals surface area (Å²) in [4.78, 5) is 12.2. The number of hydrogen-bond donors (Lipinski definition) is 1. The SMILES string of the molecule is [N-]=[N+]=NCC(=O)S(=O)(=O)O. The molecule has 0 spiro atoms. The second kappa shape index (κ2) is 3.16. The highest BCUT2D eigenvalue weighted by molar-refractivity contribution is 8.01. The highest BCUT2D eigenvalue weighted by Gasteiger charge is 2.15. The van der Waals surface area contributed by atoms with Crippen LogP contribution < -0.4 is 0 Å². The molecule has 0 aliphatic heterocycles. The molecule has 0 heterocycles. The summed E-state index contributed by atoms with van der Waals surface area (Å²) in [6.45, 7) is -0.880. The minimum Gasteiger partial charge on any atom is -0.280 e. The van der Waals surface area contributed by atoms with Gasteiger partial charge in [-0.25, -0.2) is 0 Å². The third-order valence-corrected chi connectivity index (χ3v) is 1.26. The summed E-state index contributed by atoms with van der Waals surface area (Å²) < 4.78 is 27.7. The maximum absolute atomic E-state index is 10.1. The lowest BCUT2D eigenvalue weighted by Crippen LogP contribution is -2.15. The lowest BCUT2D eigenvalue weighted by Gasteiger charge is -1.86. The number of hydrogen-bond acceptors (Lipinski definition) is 4. The van der Waals surface area contributed by atoms with E-state index in [1.54, 1.807) is 0 Å². The van der Waals surface area contributed by atoms with E-state index in [0.29, 0.717) is 0 Å². The molecule has 0 aliphatic rings. The van der Waals surface area contributed by atoms with Gasteiger partial charge in [0.2, 0.25) is 0 Å². The smallest absolute Gasteiger partial charge is 0.280 e. The zero-order valence-electron chi connectivity index (χ0n) is 4.63. The molecule has 10 heavy (non-hydrogen) atoms. The lowest BCUT2D eigenvalue weighted by atomic mass is 10.8. The summed E-state index contributed by atoms with van der Waals surface area (Å²) in [5.74, 6) is 0. The Balaban J connectivity index is 4.27. The Labute approximate surface area is 56.0 Å². The molecule has 0 aromatic rings. The van der Waals surface area contributed by atoms with Gasteiger partial charge >= 0.3 is 10.1 Å². The Morgan fingerprint density at radius 2 is 2.20 bits per heavy atom. The molecule has 0 saturated carbocycles. The summed E-state index contributed by atoms with van der Waals surface area (Å²) in [6.07, 6.45) is 0. The average molecular weight is 165 g/mol. The number of carbonyl (C=O) groups is 1. The fourth-order valence-corrected chi connectivity index (χ4v) is 0.392. The van der Waals surface area contributed by atoms with Gasteiger partial charge in [0, 0.05) is 4.91 Å². The Bertz CT molecular complexity index is 273. The van der Waals surface area contributed by atoms with Gasteiger partial charge in [-0.15, -0.1) is 0 Å². The lowest BCUT2D eigenvalue weighted by molar-refractivity contribution is -0.111. The zero-order valence-corrected chi connectivity index (χ0v) is 5.45. The second-order valence-electron chi connectivity index (χ2n) is 1.24. The molecule has 56 valence electrons. The van der Waals surface area contributed by atoms with E-state index in [4.69, 9.17) is 10.1 Å². The van der Waals surface area contributed by atoms with E-state index >= 15 is 0 Å². The van der Waals surface area contributed by atoms with Crippen LogP contribution in [0.2, 0.25) is 0 Å². The fourth-order valence-electron chi connectivity index (χ4n) is 0.171. The first-order valence-corrected chi connectivity index (χ1v) is 3.43. The van der Waals surface area contributed by atoms with Gasteiger partial charge in [0.1, 0.15) is 6.54 Å². The van der Waals surface area contributed by atoms with Crippen molar-refractivity contribution in [3.8, 4) is 0 Å². The van der Waals surface area contributed by atoms with Crippen LogP contribution in [0.1, 0.15) is 0 Å². The summed E-state index contributed by atoms with van der Waals surface area (Å²) in [5, 5.41) is 1.12. The van der Waals surface area contributed by atoms with Crippen molar-refractivity contribution in [2.75, 3.05) is 6.54 Å². The summed E-state index contributed by atoms with van der Waals surface area (Å²) in [5.41, 5.74) is 7.61. The third-order valence-electron chi connectivity index (χ3n) is 0.551. The average Bonchev–Trinajstić information content (AvgIpc) is 1.80. The predicted molar refractivity (Wildman–Crippen MR) is 30.6 cm³/mol. The van der Waals surface area contributed by atoms with Crippen LogP contribution in [0.25, 0.3) is 10.4 Å². The van der Waals surface area contributed by atoms with Gasteiger partial charge in [0.25, 0.3) is 5.12 Å². The molecular weight excluding hydrogens is 162 g/mol. The van der Waals surface area contributed by atoms with Gasteiger partial charge in [-0.3, -0.25) is 9.35 Å². The molecule has 0 saturated heterocycles. The van der Waals surface area contributed by atoms with E-state index in [-0.39, 0.29) is 0 Å². The quantitative estimate of drug-likeness (QED) is 0.261. The molecule has 0 unspecified atom stereocenters. The molecule has 0 rings (SSSR count). The summed E-state index contributed by atoms with van der Waals surface area (Å²) in [7, 11) is -4.68. The van der Waals surface area contributed by atoms with Crippen molar-refractivity contribution in [3.63, 3.8) is 0 Å². The van der Waals surface area contributed by atoms with E-state index in [1.807, 2.05) is 0 Å². The van der Waals surface area contributed by atoms with Gasteiger partial charge < -0.3 is 0 Å². The standard InChI is InChI=1S/C2H3N3O4S/c3-5-4-1-2(6)10(7,8)9/h1H2,(H,7,8,9). The van der Waals surface area contributed by atoms with Crippen LogP contribution in [0.4, 0.5) is 0 Å². The van der Waals surface area contributed by atoms with Crippen molar-refractivity contribution >= 4 is 15.2 Å². The maximum Gasteiger partial charge on any atom is 0.328 e. The van der Waals surface area contributed by atoms with Crippen LogP contribution in [-0.4, -0.2) is 24.6 Å². The van der Waals surface area contributed by atoms with Crippen LogP contribution in [0.5, 0.6) is 0 Å². The van der Waals surface area contributed by atoms with Crippen molar-refractivity contribution in [2.45, 2.75) is 0 Å². The van der Waals surface area contributed by atoms with E-state index in [1.165, 1.54) is 0 Å². The first-order chi connectivity index (χ1) is 4.48. The first kappa shape index (κ1) is 8.89. The van der Waals surface area contributed by atoms with Crippen molar-refractivity contribution in [1.29, 1.82) is 0 Å². The van der Waals surface area contributed by atoms with Crippen molar-refractivity contribution < 1.29 is 17.8 Å². The highest BCUT2D eigenvalue weighted by atomic mass is 32.2. The monoisotopic (exact) mass is 165 g/mol. The van der Waals surface area contributed by atoms with Crippen molar-refractivity contribution in [3.05, 3.63) is 10.4 Å². The number of rotatable bonds is 2. The second-order valence-corrected chi connectivity index (χ2v) is 2.64. The van der Waals surface area contributed by atoms with Crippen LogP contribution >= 0.6 is 0 Å². The molecule has 0 fully saturated rings. The third kappa shape index (κ3) is 3.02. The van der Waals surface area contributed by atoms with Crippen LogP contribution in [0, 0.1) is 0 Å². The van der Waals surface area contributed by atoms with Gasteiger partial charge in [-0.1, -0.05) is 5.11 Å². The van der Waals surface area contributed by atoms with Crippen molar-refractivity contribution in [2.24, 2.45) is 5.11 Å². The molecule has 0 amide bonds. The van der Waals surface area contributed by atoms with Gasteiger partial charge in [0.05, 0.1) is 0 Å². The molecule has 0 atom stereocenters. The highest BCUT2D eigenvalue weighted by Crippen LogP contribution is 1.85. The molecule has 0 aromatic heterocycles. The molecular formula is C2H3N3O4S. The molecule has 0 bridgehead atoms. The van der Waals surface area contributed by atoms with E-state index < -0.39 is 21.8 Å². The first-order valence-electron chi connectivity index (χ1n) is 1.99. The minimum absolute atomic E-state index is 0.880. The minimum atomic E-state index is -4.68. The summed E-state index contributed by atoms with van der Waals surface area (Å²) in [6, 6.07) is 0. The summed E-state index contributed by atoms with van der Waals surface area (Å²) >= 11 is 0. The Morgan fingerprint density at radius 1 is 1.70 bits per heavy atom. The van der Waals surface area contributed by atoms with Crippen LogP contribution in [0.15, 0.2) is 5.11 Å². The maximum atomic E-state index is 10.1. The topological polar surface area (TPSA) is 120 Å². The van der Waals surface area contributed by atoms with Crippen LogP contribution in [-0.2, 0) is 14.9 Å². The molecule has 0 aromatic carbocycles. The number of nitrogens with zero attached hydrogens (tertiary/aromatic N) is 3. The largest absolute Gasteiger partial charge is 0.328 e. The molecule has 8 heteroatoms. The molecule has 7 nitrogen and oxygen atoms in total.